The summed E-state index contributed by atoms with van der Waals surface area (Å²) < 4.78 is 21.8. The summed E-state index contributed by atoms with van der Waals surface area (Å²) in [5.74, 6) is 2.15. The maximum atomic E-state index is 12.7. The van der Waals surface area contributed by atoms with Crippen LogP contribution >= 0.6 is 0 Å². The van der Waals surface area contributed by atoms with Crippen LogP contribution in [0.1, 0.15) is 22.8 Å². The van der Waals surface area contributed by atoms with E-state index >= 15 is 0 Å². The first-order valence-electron chi connectivity index (χ1n) is 8.18. The van der Waals surface area contributed by atoms with Crippen molar-refractivity contribution >= 4 is 17.5 Å². The number of hydrogen-bond acceptors (Lipinski definition) is 6. The zero-order chi connectivity index (χ0) is 18.7. The quantitative estimate of drug-likeness (QED) is 0.503. The van der Waals surface area contributed by atoms with Crippen LogP contribution in [0.15, 0.2) is 35.9 Å². The first kappa shape index (κ1) is 17.7. The number of anilines is 1. The van der Waals surface area contributed by atoms with Crippen LogP contribution < -0.4 is 24.7 Å². The van der Waals surface area contributed by atoms with Crippen molar-refractivity contribution < 1.29 is 23.7 Å². The van der Waals surface area contributed by atoms with Gasteiger partial charge in [-0.3, -0.25) is 4.79 Å². The van der Waals surface area contributed by atoms with E-state index in [2.05, 4.69) is 0 Å². The number of carbonyl (C=O) groups is 1. The Kier molecular flexibility index (Phi) is 5.02. The van der Waals surface area contributed by atoms with Crippen molar-refractivity contribution in [1.82, 2.24) is 0 Å². The Morgan fingerprint density at radius 3 is 2.58 bits per heavy atom. The third-order valence-corrected chi connectivity index (χ3v) is 4.12. The normalized spacial score (nSPS) is 13.3. The minimum absolute atomic E-state index is 0.128. The van der Waals surface area contributed by atoms with E-state index < -0.39 is 0 Å². The molecule has 0 amide bonds. The predicted octanol–water partition coefficient (Wildman–Crippen LogP) is 3.34. The maximum absolute atomic E-state index is 12.7. The number of nitrogens with two attached hydrogens (primary N) is 1. The average molecular weight is 355 g/mol. The molecule has 0 radical (unpaired) electrons. The van der Waals surface area contributed by atoms with Crippen molar-refractivity contribution in [2.75, 3.05) is 33.2 Å². The number of rotatable bonds is 5. The molecular formula is C20H21NO5. The van der Waals surface area contributed by atoms with Gasteiger partial charge in [0.2, 0.25) is 5.75 Å². The molecule has 0 aliphatic carbocycles. The molecular weight excluding hydrogens is 334 g/mol. The molecule has 3 rings (SSSR count). The second kappa shape index (κ2) is 7.39. The second-order valence-electron chi connectivity index (χ2n) is 5.83. The van der Waals surface area contributed by atoms with Crippen LogP contribution in [-0.4, -0.2) is 33.2 Å². The SMILES string of the molecule is COc1ccc(C(=O)C(C)=Cc2ccc3c(c2OC)OCCO3)cc1N. The number of ketones is 1. The molecule has 2 aromatic rings. The van der Waals surface area contributed by atoms with Gasteiger partial charge in [0.1, 0.15) is 19.0 Å². The highest BCUT2D eigenvalue weighted by atomic mass is 16.6. The van der Waals surface area contributed by atoms with Gasteiger partial charge in [0, 0.05) is 11.1 Å². The van der Waals surface area contributed by atoms with Crippen molar-refractivity contribution in [1.29, 1.82) is 0 Å². The van der Waals surface area contributed by atoms with E-state index in [0.717, 1.165) is 5.56 Å². The van der Waals surface area contributed by atoms with Gasteiger partial charge in [0.05, 0.1) is 19.9 Å². The highest BCUT2D eigenvalue weighted by molar-refractivity contribution is 6.11. The second-order valence-corrected chi connectivity index (χ2v) is 5.83. The summed E-state index contributed by atoms with van der Waals surface area (Å²) in [4.78, 5) is 12.7. The smallest absolute Gasteiger partial charge is 0.204 e. The van der Waals surface area contributed by atoms with Gasteiger partial charge < -0.3 is 24.7 Å². The van der Waals surface area contributed by atoms with Crippen LogP contribution in [0.2, 0.25) is 0 Å². The van der Waals surface area contributed by atoms with Gasteiger partial charge in [-0.2, -0.15) is 0 Å². The Bertz CT molecular complexity index is 873. The summed E-state index contributed by atoms with van der Waals surface area (Å²) >= 11 is 0. The maximum Gasteiger partial charge on any atom is 0.204 e. The summed E-state index contributed by atoms with van der Waals surface area (Å²) in [6.45, 7) is 2.71. The zero-order valence-corrected chi connectivity index (χ0v) is 15.0. The molecule has 136 valence electrons. The van der Waals surface area contributed by atoms with Crippen molar-refractivity contribution in [2.45, 2.75) is 6.92 Å². The molecule has 1 aliphatic rings. The number of carbonyl (C=O) groups excluding carboxylic acids is 1. The topological polar surface area (TPSA) is 80.0 Å². The first-order chi connectivity index (χ1) is 12.5. The van der Waals surface area contributed by atoms with E-state index in [0.29, 0.717) is 53.0 Å². The van der Waals surface area contributed by atoms with Crippen LogP contribution in [0.4, 0.5) is 5.69 Å². The van der Waals surface area contributed by atoms with Gasteiger partial charge in [0.15, 0.2) is 17.3 Å². The number of methoxy groups -OCH3 is 2. The number of ether oxygens (including phenoxy) is 4. The summed E-state index contributed by atoms with van der Waals surface area (Å²) in [6.07, 6.45) is 1.76. The highest BCUT2D eigenvalue weighted by Gasteiger charge is 2.20. The van der Waals surface area contributed by atoms with E-state index in [1.165, 1.54) is 7.11 Å². The fraction of sp³-hybridized carbons (Fsp3) is 0.250. The lowest BCUT2D eigenvalue weighted by Gasteiger charge is -2.21. The van der Waals surface area contributed by atoms with Crippen molar-refractivity contribution in [3.8, 4) is 23.0 Å². The molecule has 0 saturated heterocycles. The third-order valence-electron chi connectivity index (χ3n) is 4.12. The largest absolute Gasteiger partial charge is 0.495 e. The molecule has 6 nitrogen and oxygen atoms in total. The molecule has 26 heavy (non-hydrogen) atoms. The van der Waals surface area contributed by atoms with E-state index in [9.17, 15) is 4.79 Å². The molecule has 0 fully saturated rings. The molecule has 6 heteroatoms. The van der Waals surface area contributed by atoms with E-state index in [1.54, 1.807) is 38.3 Å². The van der Waals surface area contributed by atoms with Gasteiger partial charge in [-0.15, -0.1) is 0 Å². The minimum Gasteiger partial charge on any atom is -0.495 e. The Labute approximate surface area is 152 Å². The molecule has 2 aromatic carbocycles. The zero-order valence-electron chi connectivity index (χ0n) is 15.0. The monoisotopic (exact) mass is 355 g/mol. The number of nitrogen functional groups attached to an aromatic ring is 1. The van der Waals surface area contributed by atoms with Crippen LogP contribution in [0, 0.1) is 0 Å². The van der Waals surface area contributed by atoms with Gasteiger partial charge in [0.25, 0.3) is 0 Å². The molecule has 2 N–H and O–H groups in total. The lowest BCUT2D eigenvalue weighted by Crippen LogP contribution is -2.16. The summed E-state index contributed by atoms with van der Waals surface area (Å²) in [5.41, 5.74) is 8.10. The fourth-order valence-corrected chi connectivity index (χ4v) is 2.83. The van der Waals surface area contributed by atoms with E-state index in [1.807, 2.05) is 12.1 Å². The Hall–Kier alpha value is -3.15. The van der Waals surface area contributed by atoms with Crippen molar-refractivity contribution in [2.24, 2.45) is 0 Å². The number of hydrogen-bond donors (Lipinski definition) is 1. The third kappa shape index (κ3) is 3.31. The summed E-state index contributed by atoms with van der Waals surface area (Å²) in [7, 11) is 3.10. The molecule has 1 heterocycles. The number of allylic oxidation sites excluding steroid dienone is 1. The Balaban J connectivity index is 1.94. The van der Waals surface area contributed by atoms with E-state index in [-0.39, 0.29) is 5.78 Å². The summed E-state index contributed by atoms with van der Waals surface area (Å²) in [6, 6.07) is 8.63. The molecule has 0 saturated carbocycles. The highest BCUT2D eigenvalue weighted by Crippen LogP contribution is 2.42. The first-order valence-corrected chi connectivity index (χ1v) is 8.18. The lowest BCUT2D eigenvalue weighted by atomic mass is 10.0. The summed E-state index contributed by atoms with van der Waals surface area (Å²) in [5, 5.41) is 0. The number of fused-ring (bicyclic) bond motifs is 1. The van der Waals surface area contributed by atoms with Gasteiger partial charge >= 0.3 is 0 Å². The molecule has 0 unspecified atom stereocenters. The fourth-order valence-electron chi connectivity index (χ4n) is 2.83. The average Bonchev–Trinajstić information content (AvgIpc) is 2.67. The number of benzene rings is 2. The van der Waals surface area contributed by atoms with Crippen LogP contribution in [0.3, 0.4) is 0 Å². The van der Waals surface area contributed by atoms with Gasteiger partial charge in [-0.1, -0.05) is 0 Å². The lowest BCUT2D eigenvalue weighted by molar-refractivity contribution is 0.103. The van der Waals surface area contributed by atoms with Crippen molar-refractivity contribution in [3.05, 3.63) is 47.0 Å². The molecule has 0 bridgehead atoms. The Morgan fingerprint density at radius 1 is 1.12 bits per heavy atom. The molecule has 0 spiro atoms. The van der Waals surface area contributed by atoms with Gasteiger partial charge in [-0.05, 0) is 48.9 Å². The van der Waals surface area contributed by atoms with Crippen molar-refractivity contribution in [3.63, 3.8) is 0 Å². The standard InChI is InChI=1S/C20H21NO5/c1-12(18(22)13-4-6-16(23-2)15(21)11-13)10-14-5-7-17-20(19(14)24-3)26-9-8-25-17/h4-7,10-11H,8-9,21H2,1-3H3. The number of Topliss-reactive ketones (excluding diaryl/α,β-unsaturated/α-hetero) is 1. The molecule has 0 aromatic heterocycles. The van der Waals surface area contributed by atoms with Crippen LogP contribution in [0.25, 0.3) is 6.08 Å². The predicted molar refractivity (Wildman–Crippen MR) is 99.4 cm³/mol. The van der Waals surface area contributed by atoms with E-state index in [4.69, 9.17) is 24.7 Å². The molecule has 1 aliphatic heterocycles. The Morgan fingerprint density at radius 2 is 1.88 bits per heavy atom. The minimum atomic E-state index is -0.128. The van der Waals surface area contributed by atoms with Crippen LogP contribution in [-0.2, 0) is 0 Å². The van der Waals surface area contributed by atoms with Gasteiger partial charge in [-0.25, -0.2) is 0 Å². The van der Waals surface area contributed by atoms with Crippen LogP contribution in [0.5, 0.6) is 23.0 Å². The molecule has 0 atom stereocenters.